The van der Waals surface area contributed by atoms with Gasteiger partial charge in [0.05, 0.1) is 28.9 Å². The maximum Gasteiger partial charge on any atom is 0.192 e. The van der Waals surface area contributed by atoms with E-state index in [4.69, 9.17) is 25.8 Å². The van der Waals surface area contributed by atoms with Crippen molar-refractivity contribution in [3.8, 4) is 22.8 Å². The monoisotopic (exact) mass is 445 g/mol. The summed E-state index contributed by atoms with van der Waals surface area (Å²) in [6.07, 6.45) is 3.61. The van der Waals surface area contributed by atoms with Gasteiger partial charge in [0.1, 0.15) is 18.1 Å². The molecule has 1 aromatic heterocycles. The zero-order valence-electron chi connectivity index (χ0n) is 18.2. The highest BCUT2D eigenvalue weighted by Crippen LogP contribution is 2.42. The SMILES string of the molecule is CC(=O)c1cn2c(cc1=O)-c1cc(Cl)c(OCC3CCOCC3)cc1OCC2C(C)C. The number of carbonyl (C=O) groups excluding carboxylic acids is 1. The lowest BCUT2D eigenvalue weighted by Crippen LogP contribution is -2.25. The summed E-state index contributed by atoms with van der Waals surface area (Å²) in [5.74, 6) is 1.62. The molecule has 0 spiro atoms. The number of Topliss-reactive ketones (excluding diaryl/α,β-unsaturated/α-hetero) is 1. The third kappa shape index (κ3) is 4.51. The number of hydrogen-bond acceptors (Lipinski definition) is 5. The lowest BCUT2D eigenvalue weighted by atomic mass is 10.0. The number of fused-ring (bicyclic) bond motifs is 3. The van der Waals surface area contributed by atoms with Gasteiger partial charge >= 0.3 is 0 Å². The van der Waals surface area contributed by atoms with Crippen molar-refractivity contribution in [2.75, 3.05) is 26.4 Å². The van der Waals surface area contributed by atoms with Crippen molar-refractivity contribution in [3.05, 3.63) is 45.2 Å². The Morgan fingerprint density at radius 1 is 1.26 bits per heavy atom. The first kappa shape index (κ1) is 21.9. The molecule has 1 fully saturated rings. The molecule has 1 unspecified atom stereocenters. The van der Waals surface area contributed by atoms with E-state index in [1.54, 1.807) is 12.3 Å². The molecule has 0 bridgehead atoms. The second kappa shape index (κ2) is 9.05. The topological polar surface area (TPSA) is 66.8 Å². The minimum Gasteiger partial charge on any atom is -0.492 e. The first-order valence-corrected chi connectivity index (χ1v) is 11.2. The highest BCUT2D eigenvalue weighted by Gasteiger charge is 2.27. The van der Waals surface area contributed by atoms with Crippen LogP contribution >= 0.6 is 11.6 Å². The van der Waals surface area contributed by atoms with E-state index < -0.39 is 0 Å². The lowest BCUT2D eigenvalue weighted by Gasteiger charge is -2.24. The van der Waals surface area contributed by atoms with Crippen molar-refractivity contribution in [2.45, 2.75) is 39.7 Å². The van der Waals surface area contributed by atoms with Crippen molar-refractivity contribution in [2.24, 2.45) is 11.8 Å². The van der Waals surface area contributed by atoms with Crippen LogP contribution in [0.2, 0.25) is 5.02 Å². The van der Waals surface area contributed by atoms with Gasteiger partial charge in [-0.3, -0.25) is 9.59 Å². The Labute approximate surface area is 187 Å². The van der Waals surface area contributed by atoms with Gasteiger partial charge in [0.15, 0.2) is 11.2 Å². The van der Waals surface area contributed by atoms with Crippen molar-refractivity contribution in [3.63, 3.8) is 0 Å². The number of nitrogens with zero attached hydrogens (tertiary/aromatic N) is 1. The Morgan fingerprint density at radius 3 is 2.68 bits per heavy atom. The van der Waals surface area contributed by atoms with Crippen LogP contribution in [0, 0.1) is 11.8 Å². The van der Waals surface area contributed by atoms with Crippen molar-refractivity contribution >= 4 is 17.4 Å². The second-order valence-corrected chi connectivity index (χ2v) is 9.08. The zero-order valence-corrected chi connectivity index (χ0v) is 18.9. The van der Waals surface area contributed by atoms with E-state index in [1.807, 2.05) is 10.6 Å². The number of rotatable bonds is 5. The van der Waals surface area contributed by atoms with Gasteiger partial charge in [-0.05, 0) is 37.7 Å². The molecule has 0 N–H and O–H groups in total. The minimum atomic E-state index is -0.301. The van der Waals surface area contributed by atoms with Crippen LogP contribution < -0.4 is 14.9 Å². The fourth-order valence-electron chi connectivity index (χ4n) is 4.16. The van der Waals surface area contributed by atoms with E-state index in [-0.39, 0.29) is 28.7 Å². The van der Waals surface area contributed by atoms with Crippen LogP contribution in [0.5, 0.6) is 11.5 Å². The highest BCUT2D eigenvalue weighted by atomic mass is 35.5. The van der Waals surface area contributed by atoms with E-state index in [0.29, 0.717) is 41.3 Å². The van der Waals surface area contributed by atoms with Gasteiger partial charge in [0.2, 0.25) is 0 Å². The van der Waals surface area contributed by atoms with Crippen LogP contribution in [0.4, 0.5) is 0 Å². The molecule has 0 aliphatic carbocycles. The number of halogens is 1. The van der Waals surface area contributed by atoms with E-state index in [2.05, 4.69) is 13.8 Å². The average Bonchev–Trinajstić information content (AvgIpc) is 2.88. The molecule has 2 aliphatic rings. The summed E-state index contributed by atoms with van der Waals surface area (Å²) in [5.41, 5.74) is 1.29. The molecule has 0 radical (unpaired) electrons. The molecule has 31 heavy (non-hydrogen) atoms. The molecule has 4 rings (SSSR count). The van der Waals surface area contributed by atoms with Crippen LogP contribution in [0.1, 0.15) is 50.0 Å². The predicted octanol–water partition coefficient (Wildman–Crippen LogP) is 4.77. The minimum absolute atomic E-state index is 0.0357. The van der Waals surface area contributed by atoms with Crippen molar-refractivity contribution in [1.29, 1.82) is 0 Å². The van der Waals surface area contributed by atoms with Crippen LogP contribution in [-0.4, -0.2) is 36.8 Å². The third-order valence-electron chi connectivity index (χ3n) is 6.12. The summed E-state index contributed by atoms with van der Waals surface area (Å²) in [7, 11) is 0. The number of ether oxygens (including phenoxy) is 3. The first-order valence-electron chi connectivity index (χ1n) is 10.8. The standard InChI is InChI=1S/C24H28ClNO5/c1-14(2)21-13-31-23-10-24(30-12-16-4-6-29-7-5-16)19(25)8-17(23)20-9-22(28)18(15(3)27)11-26(20)21/h8-11,14,16,21H,4-7,12-13H2,1-3H3. The van der Waals surface area contributed by atoms with E-state index in [0.717, 1.165) is 31.6 Å². The van der Waals surface area contributed by atoms with Gasteiger partial charge in [-0.25, -0.2) is 0 Å². The molecule has 6 nitrogen and oxygen atoms in total. The molecule has 1 aromatic carbocycles. The van der Waals surface area contributed by atoms with Gasteiger partial charge in [0, 0.05) is 37.1 Å². The quantitative estimate of drug-likeness (QED) is 0.620. The molecule has 1 atom stereocenters. The molecule has 2 aromatic rings. The summed E-state index contributed by atoms with van der Waals surface area (Å²) >= 11 is 6.57. The molecular formula is C24H28ClNO5. The third-order valence-corrected chi connectivity index (χ3v) is 6.42. The molecular weight excluding hydrogens is 418 g/mol. The van der Waals surface area contributed by atoms with Crippen molar-refractivity contribution < 1.29 is 19.0 Å². The van der Waals surface area contributed by atoms with Crippen LogP contribution in [0.15, 0.2) is 29.2 Å². The fourth-order valence-corrected chi connectivity index (χ4v) is 4.38. The highest BCUT2D eigenvalue weighted by molar-refractivity contribution is 6.32. The lowest BCUT2D eigenvalue weighted by molar-refractivity contribution is 0.0497. The molecule has 7 heteroatoms. The molecule has 2 aliphatic heterocycles. The number of benzene rings is 1. The van der Waals surface area contributed by atoms with E-state index in [9.17, 15) is 9.59 Å². The van der Waals surface area contributed by atoms with E-state index in [1.165, 1.54) is 13.0 Å². The van der Waals surface area contributed by atoms with Gasteiger partial charge in [-0.2, -0.15) is 0 Å². The normalized spacial score (nSPS) is 18.7. The Bertz CT molecular complexity index is 1040. The Balaban J connectivity index is 1.73. The molecule has 3 heterocycles. The average molecular weight is 446 g/mol. The van der Waals surface area contributed by atoms with Gasteiger partial charge < -0.3 is 18.8 Å². The van der Waals surface area contributed by atoms with Gasteiger partial charge in [-0.1, -0.05) is 25.4 Å². The van der Waals surface area contributed by atoms with Gasteiger partial charge in [-0.15, -0.1) is 0 Å². The summed E-state index contributed by atoms with van der Waals surface area (Å²) in [4.78, 5) is 24.6. The summed E-state index contributed by atoms with van der Waals surface area (Å²) < 4.78 is 19.6. The van der Waals surface area contributed by atoms with Gasteiger partial charge in [0.25, 0.3) is 0 Å². The number of pyridine rings is 1. The molecule has 0 saturated carbocycles. The first-order chi connectivity index (χ1) is 14.8. The molecule has 0 amide bonds. The number of hydrogen-bond donors (Lipinski definition) is 0. The number of ketones is 1. The predicted molar refractivity (Wildman–Crippen MR) is 120 cm³/mol. The maximum absolute atomic E-state index is 12.6. The summed E-state index contributed by atoms with van der Waals surface area (Å²) in [6.45, 7) is 8.12. The van der Waals surface area contributed by atoms with E-state index >= 15 is 0 Å². The Kier molecular flexibility index (Phi) is 6.39. The Hall–Kier alpha value is -2.31. The molecule has 166 valence electrons. The molecule has 1 saturated heterocycles. The zero-order chi connectivity index (χ0) is 22.1. The van der Waals surface area contributed by atoms with Crippen LogP contribution in [-0.2, 0) is 4.74 Å². The largest absolute Gasteiger partial charge is 0.492 e. The second-order valence-electron chi connectivity index (χ2n) is 8.67. The smallest absolute Gasteiger partial charge is 0.192 e. The summed E-state index contributed by atoms with van der Waals surface area (Å²) in [5, 5.41) is 0.465. The number of carbonyl (C=O) groups is 1. The number of aromatic nitrogens is 1. The summed E-state index contributed by atoms with van der Waals surface area (Å²) in [6, 6.07) is 5.08. The van der Waals surface area contributed by atoms with Crippen molar-refractivity contribution in [1.82, 2.24) is 4.57 Å². The Morgan fingerprint density at radius 2 is 2.00 bits per heavy atom. The van der Waals surface area contributed by atoms with Crippen LogP contribution in [0.25, 0.3) is 11.3 Å². The van der Waals surface area contributed by atoms with Crippen LogP contribution in [0.3, 0.4) is 0 Å². The fraction of sp³-hybridized carbons (Fsp3) is 0.500. The maximum atomic E-state index is 12.6.